The summed E-state index contributed by atoms with van der Waals surface area (Å²) in [6.07, 6.45) is 9.43. The van der Waals surface area contributed by atoms with Gasteiger partial charge in [0, 0.05) is 33.2 Å². The maximum Gasteiger partial charge on any atom is 0.191 e. The first kappa shape index (κ1) is 19.5. The van der Waals surface area contributed by atoms with Crippen molar-refractivity contribution >= 4 is 5.96 Å². The first-order valence-corrected chi connectivity index (χ1v) is 10.2. The molecule has 2 aliphatic rings. The van der Waals surface area contributed by atoms with Crippen molar-refractivity contribution in [2.24, 2.45) is 10.9 Å². The largest absolute Gasteiger partial charge is 0.356 e. The van der Waals surface area contributed by atoms with Crippen LogP contribution in [0.25, 0.3) is 0 Å². The molecule has 2 fully saturated rings. The summed E-state index contributed by atoms with van der Waals surface area (Å²) < 4.78 is 0. The van der Waals surface area contributed by atoms with E-state index in [4.69, 9.17) is 0 Å². The summed E-state index contributed by atoms with van der Waals surface area (Å²) in [6.45, 7) is 11.9. The quantitative estimate of drug-likeness (QED) is 0.405. The average molecular weight is 338 g/mol. The van der Waals surface area contributed by atoms with Crippen LogP contribution in [0.2, 0.25) is 0 Å². The van der Waals surface area contributed by atoms with Crippen molar-refractivity contribution in [1.29, 1.82) is 0 Å². The molecule has 0 spiro atoms. The predicted molar refractivity (Wildman–Crippen MR) is 104 cm³/mol. The van der Waals surface area contributed by atoms with Crippen LogP contribution in [0.4, 0.5) is 0 Å². The van der Waals surface area contributed by atoms with Crippen molar-refractivity contribution < 1.29 is 0 Å². The van der Waals surface area contributed by atoms with Gasteiger partial charge in [-0.15, -0.1) is 0 Å². The standard InChI is InChI=1S/C19H39N5/c1-18-9-8-15-24(17-18)14-7-4-10-21-19(20-2)22-11-16-23-12-5-3-6-13-23/h18H,3-17H2,1-2H3,(H2,20,21,22). The van der Waals surface area contributed by atoms with Gasteiger partial charge in [0.1, 0.15) is 0 Å². The number of hydrogen-bond donors (Lipinski definition) is 2. The molecular formula is C19H39N5. The van der Waals surface area contributed by atoms with E-state index in [9.17, 15) is 0 Å². The highest BCUT2D eigenvalue weighted by atomic mass is 15.2. The topological polar surface area (TPSA) is 42.9 Å². The van der Waals surface area contributed by atoms with E-state index in [1.165, 1.54) is 77.7 Å². The minimum atomic E-state index is 0.889. The van der Waals surface area contributed by atoms with Crippen molar-refractivity contribution in [1.82, 2.24) is 20.4 Å². The molecule has 0 amide bonds. The van der Waals surface area contributed by atoms with Crippen LogP contribution in [0.1, 0.15) is 51.9 Å². The zero-order valence-electron chi connectivity index (χ0n) is 16.0. The Bertz CT molecular complexity index is 352. The van der Waals surface area contributed by atoms with Crippen molar-refractivity contribution in [3.05, 3.63) is 0 Å². The highest BCUT2D eigenvalue weighted by Gasteiger charge is 2.15. The molecule has 24 heavy (non-hydrogen) atoms. The van der Waals surface area contributed by atoms with Gasteiger partial charge in [-0.3, -0.25) is 4.99 Å². The molecule has 5 heteroatoms. The second-order valence-corrected chi connectivity index (χ2v) is 7.58. The van der Waals surface area contributed by atoms with Crippen molar-refractivity contribution in [3.8, 4) is 0 Å². The van der Waals surface area contributed by atoms with Crippen molar-refractivity contribution in [2.75, 3.05) is 59.4 Å². The number of hydrogen-bond acceptors (Lipinski definition) is 3. The normalized spacial score (nSPS) is 24.1. The van der Waals surface area contributed by atoms with E-state index >= 15 is 0 Å². The molecule has 0 aliphatic carbocycles. The molecule has 0 aromatic rings. The number of piperidine rings is 2. The van der Waals surface area contributed by atoms with Crippen molar-refractivity contribution in [3.63, 3.8) is 0 Å². The third-order valence-corrected chi connectivity index (χ3v) is 5.33. The molecule has 1 unspecified atom stereocenters. The number of unbranched alkanes of at least 4 members (excludes halogenated alkanes) is 1. The van der Waals surface area contributed by atoms with Gasteiger partial charge in [-0.2, -0.15) is 0 Å². The van der Waals surface area contributed by atoms with Crippen LogP contribution < -0.4 is 10.6 Å². The molecule has 0 saturated carbocycles. The van der Waals surface area contributed by atoms with E-state index in [1.807, 2.05) is 7.05 Å². The fraction of sp³-hybridized carbons (Fsp3) is 0.947. The van der Waals surface area contributed by atoms with Gasteiger partial charge in [0.15, 0.2) is 5.96 Å². The number of aliphatic imine (C=N–C) groups is 1. The molecule has 0 bridgehead atoms. The minimum absolute atomic E-state index is 0.889. The molecule has 2 rings (SSSR count). The van der Waals surface area contributed by atoms with Crippen molar-refractivity contribution in [2.45, 2.75) is 51.9 Å². The second kappa shape index (κ2) is 11.7. The third-order valence-electron chi connectivity index (χ3n) is 5.33. The summed E-state index contributed by atoms with van der Waals surface area (Å²) in [7, 11) is 1.87. The maximum absolute atomic E-state index is 4.33. The molecular weight excluding hydrogens is 298 g/mol. The Morgan fingerprint density at radius 2 is 1.67 bits per heavy atom. The molecule has 2 heterocycles. The molecule has 2 N–H and O–H groups in total. The summed E-state index contributed by atoms with van der Waals surface area (Å²) in [4.78, 5) is 9.53. The monoisotopic (exact) mass is 337 g/mol. The van der Waals surface area contributed by atoms with Gasteiger partial charge >= 0.3 is 0 Å². The zero-order valence-corrected chi connectivity index (χ0v) is 16.0. The summed E-state index contributed by atoms with van der Waals surface area (Å²) in [5, 5.41) is 6.91. The highest BCUT2D eigenvalue weighted by Crippen LogP contribution is 2.15. The maximum atomic E-state index is 4.33. The number of likely N-dealkylation sites (tertiary alicyclic amines) is 2. The molecule has 0 radical (unpaired) electrons. The lowest BCUT2D eigenvalue weighted by atomic mass is 10.0. The molecule has 2 saturated heterocycles. The van der Waals surface area contributed by atoms with E-state index in [0.29, 0.717) is 0 Å². The Morgan fingerprint density at radius 1 is 0.917 bits per heavy atom. The van der Waals surface area contributed by atoms with Gasteiger partial charge in [0.25, 0.3) is 0 Å². The summed E-state index contributed by atoms with van der Waals surface area (Å²) >= 11 is 0. The van der Waals surface area contributed by atoms with E-state index in [2.05, 4.69) is 32.3 Å². The van der Waals surface area contributed by atoms with E-state index in [1.54, 1.807) is 0 Å². The Hall–Kier alpha value is -0.810. The average Bonchev–Trinajstić information content (AvgIpc) is 2.61. The second-order valence-electron chi connectivity index (χ2n) is 7.58. The first-order chi connectivity index (χ1) is 11.8. The van der Waals surface area contributed by atoms with E-state index in [-0.39, 0.29) is 0 Å². The van der Waals surface area contributed by atoms with Crippen LogP contribution in [0.5, 0.6) is 0 Å². The Kier molecular flexibility index (Phi) is 9.51. The van der Waals surface area contributed by atoms with Gasteiger partial charge in [0.2, 0.25) is 0 Å². The van der Waals surface area contributed by atoms with Crippen LogP contribution in [0.3, 0.4) is 0 Å². The van der Waals surface area contributed by atoms with Gasteiger partial charge < -0.3 is 20.4 Å². The predicted octanol–water partition coefficient (Wildman–Crippen LogP) is 2.15. The van der Waals surface area contributed by atoms with Crippen LogP contribution in [0, 0.1) is 5.92 Å². The lowest BCUT2D eigenvalue weighted by Crippen LogP contribution is -2.43. The molecule has 0 aromatic carbocycles. The third kappa shape index (κ3) is 7.84. The number of rotatable bonds is 8. The van der Waals surface area contributed by atoms with Gasteiger partial charge in [-0.25, -0.2) is 0 Å². The number of guanidine groups is 1. The lowest BCUT2D eigenvalue weighted by molar-refractivity contribution is 0.181. The molecule has 140 valence electrons. The highest BCUT2D eigenvalue weighted by molar-refractivity contribution is 5.79. The molecule has 1 atom stereocenters. The summed E-state index contributed by atoms with van der Waals surface area (Å²) in [5.74, 6) is 1.85. The van der Waals surface area contributed by atoms with Gasteiger partial charge in [-0.05, 0) is 70.6 Å². The van der Waals surface area contributed by atoms with Crippen LogP contribution in [0.15, 0.2) is 4.99 Å². The van der Waals surface area contributed by atoms with E-state index < -0.39 is 0 Å². The SMILES string of the molecule is CN=C(NCCCCN1CCCC(C)C1)NCCN1CCCCC1. The Morgan fingerprint density at radius 3 is 2.42 bits per heavy atom. The molecule has 0 aromatic heterocycles. The molecule has 2 aliphatic heterocycles. The Balaban J connectivity index is 1.47. The van der Waals surface area contributed by atoms with Gasteiger partial charge in [0.05, 0.1) is 0 Å². The fourth-order valence-corrected chi connectivity index (χ4v) is 3.89. The lowest BCUT2D eigenvalue weighted by Gasteiger charge is -2.30. The summed E-state index contributed by atoms with van der Waals surface area (Å²) in [6, 6.07) is 0. The summed E-state index contributed by atoms with van der Waals surface area (Å²) in [5.41, 5.74) is 0. The number of nitrogens with zero attached hydrogens (tertiary/aromatic N) is 3. The van der Waals surface area contributed by atoms with Crippen LogP contribution >= 0.6 is 0 Å². The smallest absolute Gasteiger partial charge is 0.191 e. The van der Waals surface area contributed by atoms with Gasteiger partial charge in [-0.1, -0.05) is 13.3 Å². The fourth-order valence-electron chi connectivity index (χ4n) is 3.89. The first-order valence-electron chi connectivity index (χ1n) is 10.2. The Labute approximate surface area is 149 Å². The number of nitrogens with one attached hydrogen (secondary N) is 2. The van der Waals surface area contributed by atoms with Crippen LogP contribution in [-0.4, -0.2) is 75.2 Å². The van der Waals surface area contributed by atoms with Crippen LogP contribution in [-0.2, 0) is 0 Å². The minimum Gasteiger partial charge on any atom is -0.356 e. The van der Waals surface area contributed by atoms with E-state index in [0.717, 1.165) is 31.5 Å². The zero-order chi connectivity index (χ0) is 17.0. The molecule has 5 nitrogen and oxygen atoms in total.